The zero-order valence-electron chi connectivity index (χ0n) is 10.6. The highest BCUT2D eigenvalue weighted by atomic mass is 16.6. The van der Waals surface area contributed by atoms with Gasteiger partial charge < -0.3 is 35.6 Å². The molecule has 1 aliphatic heterocycles. The monoisotopic (exact) mass is 281 g/mol. The molecule has 0 spiro atoms. The lowest BCUT2D eigenvalue weighted by atomic mass is 9.98. The Morgan fingerprint density at radius 2 is 1.63 bits per heavy atom. The number of carbonyl (C=O) groups is 2. The fourth-order valence-electron chi connectivity index (χ4n) is 1.32. The highest BCUT2D eigenvalue weighted by Gasteiger charge is 2.41. The summed E-state index contributed by atoms with van der Waals surface area (Å²) in [7, 11) is 0. The van der Waals surface area contributed by atoms with Crippen molar-refractivity contribution < 1.29 is 39.5 Å². The van der Waals surface area contributed by atoms with E-state index in [0.717, 1.165) is 0 Å². The van der Waals surface area contributed by atoms with Crippen molar-refractivity contribution in [2.24, 2.45) is 5.73 Å². The molecule has 0 bridgehead atoms. The standard InChI is InChI=1S/C6H13NO5.C4H6O3/c7-3-5(10)4(9)2(1-8)12-6(3)11;1-3(5)7-4(2)6/h2-6,8-11H,1,7H2;1-2H3/t2-,3-,4-,5-,6?;/m1./s1. The van der Waals surface area contributed by atoms with E-state index < -0.39 is 49.2 Å². The quantitative estimate of drug-likeness (QED) is 0.247. The van der Waals surface area contributed by atoms with Gasteiger partial charge >= 0.3 is 11.9 Å². The van der Waals surface area contributed by atoms with Gasteiger partial charge in [-0.15, -0.1) is 0 Å². The fraction of sp³-hybridized carbons (Fsp3) is 0.800. The Hall–Kier alpha value is -1.10. The first kappa shape index (κ1) is 17.9. The van der Waals surface area contributed by atoms with E-state index in [1.54, 1.807) is 0 Å². The minimum absolute atomic E-state index is 0.470. The number of rotatable bonds is 1. The van der Waals surface area contributed by atoms with Crippen LogP contribution in [0.3, 0.4) is 0 Å². The smallest absolute Gasteiger partial charge is 0.310 e. The SMILES string of the molecule is CC(=O)OC(C)=O.N[C@H]1C(O)O[C@H](CO)[C@@H](O)[C@@H]1O. The molecule has 0 radical (unpaired) electrons. The van der Waals surface area contributed by atoms with E-state index in [9.17, 15) is 19.8 Å². The first-order valence-electron chi connectivity index (χ1n) is 5.45. The van der Waals surface area contributed by atoms with Gasteiger partial charge in [-0.25, -0.2) is 0 Å². The van der Waals surface area contributed by atoms with Crippen LogP contribution in [0.25, 0.3) is 0 Å². The first-order valence-corrected chi connectivity index (χ1v) is 5.45. The molecule has 1 unspecified atom stereocenters. The average Bonchev–Trinajstić information content (AvgIpc) is 2.30. The summed E-state index contributed by atoms with van der Waals surface area (Å²) < 4.78 is 8.67. The maximum atomic E-state index is 9.81. The van der Waals surface area contributed by atoms with Crippen LogP contribution < -0.4 is 5.73 Å². The van der Waals surface area contributed by atoms with E-state index in [-0.39, 0.29) is 0 Å². The van der Waals surface area contributed by atoms with Crippen molar-refractivity contribution in [3.8, 4) is 0 Å². The normalized spacial score (nSPS) is 33.9. The predicted molar refractivity (Wildman–Crippen MR) is 60.4 cm³/mol. The number of carbonyl (C=O) groups excluding carboxylic acids is 2. The van der Waals surface area contributed by atoms with Crippen LogP contribution in [0.4, 0.5) is 0 Å². The number of ether oxygens (including phenoxy) is 2. The maximum Gasteiger partial charge on any atom is 0.310 e. The molecule has 0 aromatic carbocycles. The number of hydrogen-bond acceptors (Lipinski definition) is 9. The minimum Gasteiger partial charge on any atom is -0.394 e. The zero-order valence-corrected chi connectivity index (χ0v) is 10.6. The van der Waals surface area contributed by atoms with Crippen LogP contribution in [0.5, 0.6) is 0 Å². The Morgan fingerprint density at radius 3 is 1.95 bits per heavy atom. The van der Waals surface area contributed by atoms with Gasteiger partial charge in [0.1, 0.15) is 18.3 Å². The van der Waals surface area contributed by atoms with Crippen LogP contribution in [-0.2, 0) is 19.1 Å². The van der Waals surface area contributed by atoms with E-state index in [0.29, 0.717) is 0 Å². The number of aliphatic hydroxyl groups is 4. The highest BCUT2D eigenvalue weighted by molar-refractivity contribution is 5.82. The lowest BCUT2D eigenvalue weighted by Gasteiger charge is -2.38. The third-order valence-corrected chi connectivity index (χ3v) is 2.24. The van der Waals surface area contributed by atoms with Gasteiger partial charge in [0, 0.05) is 13.8 Å². The second-order valence-electron chi connectivity index (χ2n) is 3.89. The van der Waals surface area contributed by atoms with Gasteiger partial charge in [0.15, 0.2) is 6.29 Å². The predicted octanol–water partition coefficient (Wildman–Crippen LogP) is -3.16. The number of esters is 2. The van der Waals surface area contributed by atoms with Crippen molar-refractivity contribution in [3.63, 3.8) is 0 Å². The lowest BCUT2D eigenvalue weighted by Crippen LogP contribution is -2.61. The van der Waals surface area contributed by atoms with Crippen LogP contribution in [0.2, 0.25) is 0 Å². The number of nitrogens with two attached hydrogens (primary N) is 1. The second-order valence-corrected chi connectivity index (χ2v) is 3.89. The molecule has 5 atom stereocenters. The molecule has 0 saturated carbocycles. The van der Waals surface area contributed by atoms with E-state index in [4.69, 9.17) is 20.7 Å². The molecule has 1 fully saturated rings. The molecule has 19 heavy (non-hydrogen) atoms. The van der Waals surface area contributed by atoms with Crippen LogP contribution in [-0.4, -0.2) is 69.6 Å². The molecular formula is C10H19NO8. The Balaban J connectivity index is 0.000000399. The zero-order chi connectivity index (χ0) is 15.2. The van der Waals surface area contributed by atoms with Crippen LogP contribution in [0.1, 0.15) is 13.8 Å². The maximum absolute atomic E-state index is 9.81. The summed E-state index contributed by atoms with van der Waals surface area (Å²) in [6.45, 7) is 1.89. The van der Waals surface area contributed by atoms with Crippen molar-refractivity contribution in [1.82, 2.24) is 0 Å². The largest absolute Gasteiger partial charge is 0.394 e. The Kier molecular flexibility index (Phi) is 7.68. The molecule has 6 N–H and O–H groups in total. The third kappa shape index (κ3) is 6.05. The first-order chi connectivity index (χ1) is 8.70. The minimum atomic E-state index is -1.35. The number of hydrogen-bond donors (Lipinski definition) is 5. The summed E-state index contributed by atoms with van der Waals surface area (Å²) >= 11 is 0. The van der Waals surface area contributed by atoms with Crippen molar-refractivity contribution in [2.75, 3.05) is 6.61 Å². The molecule has 0 amide bonds. The molecule has 9 heteroatoms. The number of aliphatic hydroxyl groups excluding tert-OH is 4. The fourth-order valence-corrected chi connectivity index (χ4v) is 1.32. The van der Waals surface area contributed by atoms with Gasteiger partial charge in [-0.1, -0.05) is 0 Å². The van der Waals surface area contributed by atoms with Crippen LogP contribution in [0, 0.1) is 0 Å². The summed E-state index contributed by atoms with van der Waals surface area (Å²) in [4.78, 5) is 19.6. The Labute approximate surface area is 109 Å². The van der Waals surface area contributed by atoms with Gasteiger partial charge in [0.2, 0.25) is 0 Å². The van der Waals surface area contributed by atoms with E-state index in [1.165, 1.54) is 13.8 Å². The summed E-state index contributed by atoms with van der Waals surface area (Å²) in [6.07, 6.45) is -4.85. The van der Waals surface area contributed by atoms with Gasteiger partial charge in [-0.2, -0.15) is 0 Å². The van der Waals surface area contributed by atoms with Gasteiger partial charge in [0.25, 0.3) is 0 Å². The van der Waals surface area contributed by atoms with Crippen molar-refractivity contribution in [2.45, 2.75) is 44.5 Å². The molecule has 1 aliphatic rings. The van der Waals surface area contributed by atoms with Crippen LogP contribution >= 0.6 is 0 Å². The Morgan fingerprint density at radius 1 is 1.16 bits per heavy atom. The van der Waals surface area contributed by atoms with Gasteiger partial charge in [-0.3, -0.25) is 9.59 Å². The van der Waals surface area contributed by atoms with E-state index >= 15 is 0 Å². The summed E-state index contributed by atoms with van der Waals surface area (Å²) in [5.41, 5.74) is 5.26. The highest BCUT2D eigenvalue weighted by Crippen LogP contribution is 2.17. The average molecular weight is 281 g/mol. The molecule has 112 valence electrons. The van der Waals surface area contributed by atoms with Gasteiger partial charge in [0.05, 0.1) is 12.6 Å². The van der Waals surface area contributed by atoms with Gasteiger partial charge in [-0.05, 0) is 0 Å². The molecule has 0 aromatic heterocycles. The molecule has 1 rings (SSSR count). The van der Waals surface area contributed by atoms with Crippen molar-refractivity contribution in [1.29, 1.82) is 0 Å². The summed E-state index contributed by atoms with van der Waals surface area (Å²) in [6, 6.07) is -1.04. The van der Waals surface area contributed by atoms with Crippen molar-refractivity contribution >= 4 is 11.9 Å². The topological polar surface area (TPSA) is 160 Å². The molecule has 1 heterocycles. The Bertz CT molecular complexity index is 293. The third-order valence-electron chi connectivity index (χ3n) is 2.24. The molecule has 0 aliphatic carbocycles. The second kappa shape index (κ2) is 8.15. The molecule has 0 aromatic rings. The van der Waals surface area contributed by atoms with Crippen LogP contribution in [0.15, 0.2) is 0 Å². The van der Waals surface area contributed by atoms with E-state index in [2.05, 4.69) is 4.74 Å². The van der Waals surface area contributed by atoms with E-state index in [1.807, 2.05) is 0 Å². The lowest BCUT2D eigenvalue weighted by molar-refractivity contribution is -0.248. The molecule has 1 saturated heterocycles. The van der Waals surface area contributed by atoms with Crippen molar-refractivity contribution in [3.05, 3.63) is 0 Å². The summed E-state index contributed by atoms with van der Waals surface area (Å²) in [5.74, 6) is -1.12. The molecular weight excluding hydrogens is 262 g/mol. The summed E-state index contributed by atoms with van der Waals surface area (Å²) in [5, 5.41) is 36.1. The molecule has 9 nitrogen and oxygen atoms in total.